The van der Waals surface area contributed by atoms with Gasteiger partial charge in [0.15, 0.2) is 0 Å². The second-order valence-electron chi connectivity index (χ2n) is 4.88. The van der Waals surface area contributed by atoms with E-state index in [9.17, 15) is 4.79 Å². The molecule has 0 atom stereocenters. The molecule has 0 aliphatic carbocycles. The topological polar surface area (TPSA) is 83.8 Å². The molecular formula is C16H16N4O2. The largest absolute Gasteiger partial charge is 0.469 e. The smallest absolute Gasteiger partial charge is 0.274 e. The van der Waals surface area contributed by atoms with E-state index in [1.807, 2.05) is 24.3 Å². The highest BCUT2D eigenvalue weighted by Gasteiger charge is 2.08. The third kappa shape index (κ3) is 3.22. The van der Waals surface area contributed by atoms with Gasteiger partial charge in [-0.05, 0) is 36.2 Å². The third-order valence-electron chi connectivity index (χ3n) is 3.31. The molecular weight excluding hydrogens is 280 g/mol. The van der Waals surface area contributed by atoms with Gasteiger partial charge in [-0.3, -0.25) is 9.78 Å². The first kappa shape index (κ1) is 14.1. The number of aryl methyl sites for hydroxylation is 1. The van der Waals surface area contributed by atoms with Crippen LogP contribution in [0, 0.1) is 0 Å². The highest BCUT2D eigenvalue weighted by molar-refractivity contribution is 5.53. The quantitative estimate of drug-likeness (QED) is 0.756. The van der Waals surface area contributed by atoms with E-state index in [2.05, 4.69) is 27.4 Å². The number of H-pyrrole nitrogens is 1. The predicted molar refractivity (Wildman–Crippen MR) is 83.3 cm³/mol. The molecule has 6 heteroatoms. The van der Waals surface area contributed by atoms with E-state index >= 15 is 0 Å². The Morgan fingerprint density at radius 1 is 1.18 bits per heavy atom. The number of benzene rings is 1. The number of aromatic amines is 1. The van der Waals surface area contributed by atoms with Gasteiger partial charge in [0, 0.05) is 5.69 Å². The van der Waals surface area contributed by atoms with Gasteiger partial charge in [0.2, 0.25) is 5.95 Å². The highest BCUT2D eigenvalue weighted by Crippen LogP contribution is 2.13. The van der Waals surface area contributed by atoms with E-state index < -0.39 is 0 Å². The number of nitrogens with one attached hydrogen (secondary N) is 2. The summed E-state index contributed by atoms with van der Waals surface area (Å²) in [4.78, 5) is 14.7. The standard InChI is InChI=1S/C16H16N4O2/c1-2-11-5-7-12(8-6-11)17-16-18-15(21)14(19-20-16)10-13-4-3-9-22-13/h3-9H,2,10H2,1H3,(H2,17,18,20,21). The summed E-state index contributed by atoms with van der Waals surface area (Å²) in [5, 5.41) is 11.0. The van der Waals surface area contributed by atoms with Crippen LogP contribution < -0.4 is 10.9 Å². The first-order valence-corrected chi connectivity index (χ1v) is 7.09. The fraction of sp³-hybridized carbons (Fsp3) is 0.188. The van der Waals surface area contributed by atoms with Crippen LogP contribution in [0.3, 0.4) is 0 Å². The molecule has 0 saturated heterocycles. The number of anilines is 2. The Bertz CT molecular complexity index is 792. The van der Waals surface area contributed by atoms with Crippen molar-refractivity contribution in [3.63, 3.8) is 0 Å². The minimum Gasteiger partial charge on any atom is -0.469 e. The molecule has 0 aliphatic rings. The van der Waals surface area contributed by atoms with E-state index in [1.165, 1.54) is 5.56 Å². The lowest BCUT2D eigenvalue weighted by atomic mass is 10.1. The van der Waals surface area contributed by atoms with Gasteiger partial charge in [-0.1, -0.05) is 19.1 Å². The summed E-state index contributed by atoms with van der Waals surface area (Å²) in [6.45, 7) is 2.10. The van der Waals surface area contributed by atoms with Crippen LogP contribution in [0.15, 0.2) is 51.9 Å². The zero-order chi connectivity index (χ0) is 15.4. The van der Waals surface area contributed by atoms with E-state index in [4.69, 9.17) is 4.42 Å². The van der Waals surface area contributed by atoms with Crippen LogP contribution in [-0.4, -0.2) is 15.2 Å². The number of rotatable bonds is 5. The fourth-order valence-electron chi connectivity index (χ4n) is 2.07. The number of hydrogen-bond donors (Lipinski definition) is 2. The van der Waals surface area contributed by atoms with Gasteiger partial charge < -0.3 is 9.73 Å². The molecule has 3 rings (SSSR count). The second kappa shape index (κ2) is 6.26. The molecule has 112 valence electrons. The van der Waals surface area contributed by atoms with E-state index in [-0.39, 0.29) is 5.56 Å². The van der Waals surface area contributed by atoms with Crippen LogP contribution in [0.1, 0.15) is 23.9 Å². The monoisotopic (exact) mass is 296 g/mol. The molecule has 0 aliphatic heterocycles. The van der Waals surface area contributed by atoms with Gasteiger partial charge in [-0.2, -0.15) is 0 Å². The van der Waals surface area contributed by atoms with Gasteiger partial charge in [-0.25, -0.2) is 0 Å². The lowest BCUT2D eigenvalue weighted by molar-refractivity contribution is 0.517. The summed E-state index contributed by atoms with van der Waals surface area (Å²) >= 11 is 0. The molecule has 6 nitrogen and oxygen atoms in total. The first-order valence-electron chi connectivity index (χ1n) is 7.09. The average molecular weight is 296 g/mol. The molecule has 0 fully saturated rings. The van der Waals surface area contributed by atoms with Gasteiger partial charge in [0.05, 0.1) is 12.7 Å². The number of hydrogen-bond acceptors (Lipinski definition) is 5. The second-order valence-corrected chi connectivity index (χ2v) is 4.88. The molecule has 0 saturated carbocycles. The molecule has 22 heavy (non-hydrogen) atoms. The van der Waals surface area contributed by atoms with Crippen LogP contribution in [0.4, 0.5) is 11.6 Å². The van der Waals surface area contributed by atoms with Crippen molar-refractivity contribution in [1.29, 1.82) is 0 Å². The summed E-state index contributed by atoms with van der Waals surface area (Å²) in [6.07, 6.45) is 2.87. The van der Waals surface area contributed by atoms with Crippen LogP contribution in [0.5, 0.6) is 0 Å². The number of furan rings is 1. The van der Waals surface area contributed by atoms with Crippen molar-refractivity contribution in [1.82, 2.24) is 15.2 Å². The van der Waals surface area contributed by atoms with E-state index in [1.54, 1.807) is 18.4 Å². The minimum absolute atomic E-state index is 0.279. The maximum atomic E-state index is 12.0. The Balaban J connectivity index is 1.75. The summed E-state index contributed by atoms with van der Waals surface area (Å²) in [6, 6.07) is 11.5. The van der Waals surface area contributed by atoms with Crippen LogP contribution in [0.2, 0.25) is 0 Å². The number of nitrogens with zero attached hydrogens (tertiary/aromatic N) is 2. The summed E-state index contributed by atoms with van der Waals surface area (Å²) in [7, 11) is 0. The molecule has 0 radical (unpaired) electrons. The van der Waals surface area contributed by atoms with Crippen molar-refractivity contribution in [2.75, 3.05) is 5.32 Å². The predicted octanol–water partition coefficient (Wildman–Crippen LogP) is 2.65. The van der Waals surface area contributed by atoms with E-state index in [0.717, 1.165) is 12.1 Å². The normalized spacial score (nSPS) is 10.6. The van der Waals surface area contributed by atoms with Crippen molar-refractivity contribution < 1.29 is 4.42 Å². The van der Waals surface area contributed by atoms with Crippen molar-refractivity contribution in [3.05, 3.63) is 70.0 Å². The Morgan fingerprint density at radius 3 is 2.64 bits per heavy atom. The zero-order valence-electron chi connectivity index (χ0n) is 12.2. The summed E-state index contributed by atoms with van der Waals surface area (Å²) in [5.74, 6) is 0.994. The van der Waals surface area contributed by atoms with Crippen molar-refractivity contribution in [2.24, 2.45) is 0 Å². The number of aromatic nitrogens is 3. The van der Waals surface area contributed by atoms with Crippen molar-refractivity contribution >= 4 is 11.6 Å². The Hall–Kier alpha value is -2.89. The molecule has 0 unspecified atom stereocenters. The Morgan fingerprint density at radius 2 is 2.00 bits per heavy atom. The Labute approximate surface area is 127 Å². The van der Waals surface area contributed by atoms with Crippen LogP contribution >= 0.6 is 0 Å². The van der Waals surface area contributed by atoms with Crippen LogP contribution in [-0.2, 0) is 12.8 Å². The van der Waals surface area contributed by atoms with Crippen molar-refractivity contribution in [2.45, 2.75) is 19.8 Å². The maximum absolute atomic E-state index is 12.0. The lowest BCUT2D eigenvalue weighted by Gasteiger charge is -2.06. The molecule has 3 aromatic rings. The minimum atomic E-state index is -0.279. The van der Waals surface area contributed by atoms with Gasteiger partial charge in [-0.15, -0.1) is 10.2 Å². The summed E-state index contributed by atoms with van der Waals surface area (Å²) in [5.41, 5.74) is 2.14. The van der Waals surface area contributed by atoms with Crippen LogP contribution in [0.25, 0.3) is 0 Å². The molecule has 2 aromatic heterocycles. The molecule has 2 heterocycles. The van der Waals surface area contributed by atoms with Gasteiger partial charge in [0.25, 0.3) is 5.56 Å². The van der Waals surface area contributed by atoms with Gasteiger partial charge >= 0.3 is 0 Å². The van der Waals surface area contributed by atoms with Gasteiger partial charge in [0.1, 0.15) is 11.5 Å². The third-order valence-corrected chi connectivity index (χ3v) is 3.31. The van der Waals surface area contributed by atoms with Crippen molar-refractivity contribution in [3.8, 4) is 0 Å². The molecule has 1 aromatic carbocycles. The Kier molecular flexibility index (Phi) is 4.00. The zero-order valence-corrected chi connectivity index (χ0v) is 12.2. The lowest BCUT2D eigenvalue weighted by Crippen LogP contribution is -2.18. The fourth-order valence-corrected chi connectivity index (χ4v) is 2.07. The molecule has 0 amide bonds. The molecule has 2 N–H and O–H groups in total. The molecule has 0 spiro atoms. The summed E-state index contributed by atoms with van der Waals surface area (Å²) < 4.78 is 5.20. The maximum Gasteiger partial charge on any atom is 0.274 e. The van der Waals surface area contributed by atoms with E-state index in [0.29, 0.717) is 23.8 Å². The SMILES string of the molecule is CCc1ccc(Nc2nnc(Cc3ccco3)c(=O)[nH]2)cc1. The average Bonchev–Trinajstić information content (AvgIpc) is 3.04. The highest BCUT2D eigenvalue weighted by atomic mass is 16.3. The first-order chi connectivity index (χ1) is 10.7. The molecule has 0 bridgehead atoms.